The quantitative estimate of drug-likeness (QED) is 0.463. The van der Waals surface area contributed by atoms with Gasteiger partial charge in [-0.2, -0.15) is 18.3 Å². The molecule has 2 nitrogen and oxygen atoms in total. The van der Waals surface area contributed by atoms with Crippen LogP contribution in [0.25, 0.3) is 0 Å². The van der Waals surface area contributed by atoms with Gasteiger partial charge in [-0.1, -0.05) is 65.7 Å². The molecular weight excluding hydrogens is 301 g/mol. The normalized spacial score (nSPS) is 14.9. The maximum absolute atomic E-state index is 13.3. The molecule has 0 aromatic carbocycles. The zero-order chi connectivity index (χ0) is 17.5. The smallest absolute Gasteiger partial charge is 0.275 e. The molecule has 0 amide bonds. The van der Waals surface area contributed by atoms with Crippen molar-refractivity contribution < 1.29 is 13.2 Å². The van der Waals surface area contributed by atoms with Crippen LogP contribution in [0.5, 0.6) is 0 Å². The van der Waals surface area contributed by atoms with Crippen molar-refractivity contribution in [3.8, 4) is 0 Å². The maximum atomic E-state index is 13.3. The molecular formula is C18H31F3N2. The number of hydrogen-bond donors (Lipinski definition) is 0. The molecule has 23 heavy (non-hydrogen) atoms. The molecule has 1 atom stereocenters. The highest BCUT2D eigenvalue weighted by molar-refractivity contribution is 5.29. The van der Waals surface area contributed by atoms with Gasteiger partial charge in [0.25, 0.3) is 0 Å². The Bertz CT molecular complexity index is 465. The summed E-state index contributed by atoms with van der Waals surface area (Å²) in [5, 5.41) is 3.71. The van der Waals surface area contributed by atoms with Crippen LogP contribution < -0.4 is 0 Å². The average molecular weight is 332 g/mol. The molecule has 0 radical (unpaired) electrons. The second-order valence-corrected chi connectivity index (χ2v) is 6.89. The second kappa shape index (κ2) is 8.74. The monoisotopic (exact) mass is 332 g/mol. The molecule has 0 spiro atoms. The highest BCUT2D eigenvalue weighted by atomic mass is 19.4. The minimum Gasteiger partial charge on any atom is -0.275 e. The van der Waals surface area contributed by atoms with E-state index in [1.807, 2.05) is 6.92 Å². The lowest BCUT2D eigenvalue weighted by Gasteiger charge is -2.30. The van der Waals surface area contributed by atoms with Crippen molar-refractivity contribution >= 4 is 0 Å². The first-order valence-corrected chi connectivity index (χ1v) is 8.86. The van der Waals surface area contributed by atoms with Crippen molar-refractivity contribution in [1.82, 2.24) is 9.78 Å². The molecule has 0 fully saturated rings. The summed E-state index contributed by atoms with van der Waals surface area (Å²) in [5.41, 5.74) is -0.767. The number of aryl methyl sites for hydroxylation is 1. The lowest BCUT2D eigenvalue weighted by molar-refractivity contribution is -0.142. The van der Waals surface area contributed by atoms with E-state index in [4.69, 9.17) is 0 Å². The van der Waals surface area contributed by atoms with Crippen molar-refractivity contribution in [3.63, 3.8) is 0 Å². The molecule has 0 aliphatic heterocycles. The minimum absolute atomic E-state index is 0.375. The van der Waals surface area contributed by atoms with E-state index in [0.717, 1.165) is 57.8 Å². The molecule has 1 aromatic heterocycles. The Morgan fingerprint density at radius 2 is 1.48 bits per heavy atom. The fourth-order valence-corrected chi connectivity index (χ4v) is 3.24. The molecule has 1 rings (SSSR count). The van der Waals surface area contributed by atoms with Crippen molar-refractivity contribution in [2.45, 2.75) is 90.1 Å². The van der Waals surface area contributed by atoms with Crippen molar-refractivity contribution in [1.29, 1.82) is 0 Å². The second-order valence-electron chi connectivity index (χ2n) is 6.89. The van der Waals surface area contributed by atoms with Gasteiger partial charge in [-0.25, -0.2) is 0 Å². The van der Waals surface area contributed by atoms with Gasteiger partial charge >= 0.3 is 6.18 Å². The Hall–Kier alpha value is -1.00. The SMILES string of the molecule is CCCCCCC(C)(CCCCC)c1cn(C)nc1C(F)(F)F. The van der Waals surface area contributed by atoms with Crippen molar-refractivity contribution in [2.24, 2.45) is 7.05 Å². The van der Waals surface area contributed by atoms with E-state index in [2.05, 4.69) is 18.9 Å². The highest BCUT2D eigenvalue weighted by Crippen LogP contribution is 2.42. The van der Waals surface area contributed by atoms with E-state index in [9.17, 15) is 13.2 Å². The minimum atomic E-state index is -4.38. The third-order valence-corrected chi connectivity index (χ3v) is 4.66. The number of aromatic nitrogens is 2. The summed E-state index contributed by atoms with van der Waals surface area (Å²) >= 11 is 0. The molecule has 0 saturated carbocycles. The summed E-state index contributed by atoms with van der Waals surface area (Å²) in [6, 6.07) is 0. The maximum Gasteiger partial charge on any atom is 0.435 e. The van der Waals surface area contributed by atoms with Gasteiger partial charge in [0.05, 0.1) is 0 Å². The largest absolute Gasteiger partial charge is 0.435 e. The fourth-order valence-electron chi connectivity index (χ4n) is 3.24. The Labute approximate surface area is 138 Å². The van der Waals surface area contributed by atoms with Crippen LogP contribution in [0, 0.1) is 0 Å². The van der Waals surface area contributed by atoms with Gasteiger partial charge in [0, 0.05) is 18.8 Å². The fraction of sp³-hybridized carbons (Fsp3) is 0.833. The van der Waals surface area contributed by atoms with E-state index in [1.54, 1.807) is 13.2 Å². The third kappa shape index (κ3) is 5.85. The first kappa shape index (κ1) is 20.0. The molecule has 0 bridgehead atoms. The molecule has 1 aromatic rings. The standard InChI is InChI=1S/C18H31F3N2/c1-5-7-9-11-13-17(3,12-10-8-6-2)15-14-23(4)22-16(15)18(19,20)21/h14H,5-13H2,1-4H3. The predicted molar refractivity (Wildman–Crippen MR) is 88.5 cm³/mol. The molecule has 0 aliphatic rings. The number of hydrogen-bond acceptors (Lipinski definition) is 1. The number of halogens is 3. The zero-order valence-corrected chi connectivity index (χ0v) is 15.0. The van der Waals surface area contributed by atoms with Crippen LogP contribution in [0.4, 0.5) is 13.2 Å². The average Bonchev–Trinajstić information content (AvgIpc) is 2.87. The lowest BCUT2D eigenvalue weighted by Crippen LogP contribution is -2.25. The summed E-state index contributed by atoms with van der Waals surface area (Å²) in [5.74, 6) is 0. The van der Waals surface area contributed by atoms with E-state index in [-0.39, 0.29) is 0 Å². The third-order valence-electron chi connectivity index (χ3n) is 4.66. The van der Waals surface area contributed by atoms with Crippen LogP contribution in [0.2, 0.25) is 0 Å². The van der Waals surface area contributed by atoms with Crippen LogP contribution >= 0.6 is 0 Å². The van der Waals surface area contributed by atoms with Gasteiger partial charge in [-0.05, 0) is 18.3 Å². The molecule has 134 valence electrons. The first-order chi connectivity index (χ1) is 10.7. The van der Waals surface area contributed by atoms with E-state index in [1.165, 1.54) is 4.68 Å². The van der Waals surface area contributed by atoms with Gasteiger partial charge in [-0.3, -0.25) is 4.68 Å². The molecule has 1 unspecified atom stereocenters. The van der Waals surface area contributed by atoms with Gasteiger partial charge in [0.15, 0.2) is 5.69 Å². The highest BCUT2D eigenvalue weighted by Gasteiger charge is 2.42. The summed E-state index contributed by atoms with van der Waals surface area (Å²) in [6.07, 6.45) is 6.22. The van der Waals surface area contributed by atoms with Gasteiger partial charge in [-0.15, -0.1) is 0 Å². The number of unbranched alkanes of at least 4 members (excludes halogenated alkanes) is 5. The Morgan fingerprint density at radius 3 is 2.00 bits per heavy atom. The van der Waals surface area contributed by atoms with Crippen LogP contribution in [-0.4, -0.2) is 9.78 Å². The zero-order valence-electron chi connectivity index (χ0n) is 15.0. The topological polar surface area (TPSA) is 17.8 Å². The number of rotatable bonds is 10. The van der Waals surface area contributed by atoms with E-state index < -0.39 is 17.3 Å². The van der Waals surface area contributed by atoms with Crippen molar-refractivity contribution in [2.75, 3.05) is 0 Å². The molecule has 0 aliphatic carbocycles. The van der Waals surface area contributed by atoms with Crippen LogP contribution in [-0.2, 0) is 18.6 Å². The van der Waals surface area contributed by atoms with Gasteiger partial charge in [0.1, 0.15) is 0 Å². The number of nitrogens with zero attached hydrogens (tertiary/aromatic N) is 2. The molecule has 0 N–H and O–H groups in total. The summed E-state index contributed by atoms with van der Waals surface area (Å²) in [6.45, 7) is 6.24. The van der Waals surface area contributed by atoms with Gasteiger partial charge < -0.3 is 0 Å². The summed E-state index contributed by atoms with van der Waals surface area (Å²) in [4.78, 5) is 0. The molecule has 5 heteroatoms. The molecule has 1 heterocycles. The summed E-state index contributed by atoms with van der Waals surface area (Å²) in [7, 11) is 1.57. The van der Waals surface area contributed by atoms with Crippen molar-refractivity contribution in [3.05, 3.63) is 17.5 Å². The first-order valence-electron chi connectivity index (χ1n) is 8.86. The van der Waals surface area contributed by atoms with Crippen LogP contribution in [0.1, 0.15) is 89.8 Å². The Morgan fingerprint density at radius 1 is 0.957 bits per heavy atom. The van der Waals surface area contributed by atoms with Gasteiger partial charge in [0.2, 0.25) is 0 Å². The van der Waals surface area contributed by atoms with E-state index >= 15 is 0 Å². The Kier molecular flexibility index (Phi) is 7.62. The Balaban J connectivity index is 3.03. The summed E-state index contributed by atoms with van der Waals surface area (Å²) < 4.78 is 41.4. The molecule has 0 saturated heterocycles. The van der Waals surface area contributed by atoms with Crippen LogP contribution in [0.3, 0.4) is 0 Å². The predicted octanol–water partition coefficient (Wildman–Crippen LogP) is 6.25. The van der Waals surface area contributed by atoms with Crippen LogP contribution in [0.15, 0.2) is 6.20 Å². The van der Waals surface area contributed by atoms with E-state index in [0.29, 0.717) is 5.56 Å². The number of alkyl halides is 3. The lowest BCUT2D eigenvalue weighted by atomic mass is 9.74.